The summed E-state index contributed by atoms with van der Waals surface area (Å²) in [6, 6.07) is 1.28. The largest absolute Gasteiger partial charge is 0.417 e. The zero-order valence-corrected chi connectivity index (χ0v) is 9.61. The van der Waals surface area contributed by atoms with Crippen molar-refractivity contribution in [2.45, 2.75) is 46.3 Å². The quantitative estimate of drug-likeness (QED) is 0.581. The molecular formula is C9H22OSi. The Hall–Kier alpha value is 0.177. The maximum atomic E-state index is 5.83. The molecule has 0 aliphatic carbocycles. The monoisotopic (exact) mass is 174 g/mol. The zero-order valence-electron chi connectivity index (χ0n) is 8.61. The fourth-order valence-electron chi connectivity index (χ4n) is 1.42. The molecule has 0 spiro atoms. The topological polar surface area (TPSA) is 9.23 Å². The molecule has 0 aliphatic rings. The number of hydrogen-bond acceptors (Lipinski definition) is 1. The van der Waals surface area contributed by atoms with Crippen LogP contribution in [0.4, 0.5) is 0 Å². The number of hydrogen-bond donors (Lipinski definition) is 0. The van der Waals surface area contributed by atoms with Gasteiger partial charge in [0.1, 0.15) is 0 Å². The van der Waals surface area contributed by atoms with Crippen molar-refractivity contribution in [3.05, 3.63) is 0 Å². The molecule has 2 heteroatoms. The van der Waals surface area contributed by atoms with Crippen LogP contribution in [-0.2, 0) is 4.43 Å². The Bertz CT molecular complexity index is 99.7. The molecule has 1 nitrogen and oxygen atoms in total. The summed E-state index contributed by atoms with van der Waals surface area (Å²) >= 11 is 0. The van der Waals surface area contributed by atoms with E-state index in [2.05, 4.69) is 33.9 Å². The average molecular weight is 174 g/mol. The van der Waals surface area contributed by atoms with Crippen LogP contribution < -0.4 is 0 Å². The van der Waals surface area contributed by atoms with Gasteiger partial charge in [-0.2, -0.15) is 0 Å². The van der Waals surface area contributed by atoms with Gasteiger partial charge in [0.25, 0.3) is 0 Å². The molecule has 0 fully saturated rings. The van der Waals surface area contributed by atoms with Crippen molar-refractivity contribution in [2.75, 3.05) is 6.61 Å². The Balaban J connectivity index is 3.61. The van der Waals surface area contributed by atoms with Gasteiger partial charge in [-0.25, -0.2) is 0 Å². The molecule has 11 heavy (non-hydrogen) atoms. The Kier molecular flexibility index (Phi) is 5.02. The van der Waals surface area contributed by atoms with Crippen LogP contribution in [0.5, 0.6) is 0 Å². The van der Waals surface area contributed by atoms with Gasteiger partial charge in [0.05, 0.1) is 0 Å². The van der Waals surface area contributed by atoms with Crippen LogP contribution in [0.2, 0.25) is 19.1 Å². The van der Waals surface area contributed by atoms with E-state index in [1.165, 1.54) is 6.04 Å². The molecule has 0 radical (unpaired) electrons. The van der Waals surface area contributed by atoms with E-state index < -0.39 is 8.32 Å². The van der Waals surface area contributed by atoms with Gasteiger partial charge in [-0.05, 0) is 31.5 Å². The summed E-state index contributed by atoms with van der Waals surface area (Å²) in [7, 11) is -1.29. The Labute approximate surface area is 72.3 Å². The molecule has 0 unspecified atom stereocenters. The molecule has 0 aromatic rings. The molecule has 0 rings (SSSR count). The average Bonchev–Trinajstić information content (AvgIpc) is 1.81. The highest BCUT2D eigenvalue weighted by molar-refractivity contribution is 6.71. The molecule has 0 amide bonds. The first kappa shape index (κ1) is 11.2. The van der Waals surface area contributed by atoms with Gasteiger partial charge in [-0.1, -0.05) is 20.8 Å². The number of rotatable bonds is 5. The Morgan fingerprint density at radius 3 is 2.18 bits per heavy atom. The molecule has 0 N–H and O–H groups in total. The lowest BCUT2D eigenvalue weighted by Crippen LogP contribution is -2.32. The minimum atomic E-state index is -1.29. The van der Waals surface area contributed by atoms with Gasteiger partial charge in [0.2, 0.25) is 0 Å². The van der Waals surface area contributed by atoms with Gasteiger partial charge in [-0.3, -0.25) is 0 Å². The van der Waals surface area contributed by atoms with Crippen LogP contribution in [-0.4, -0.2) is 14.9 Å². The minimum Gasteiger partial charge on any atom is -0.417 e. The van der Waals surface area contributed by atoms with Gasteiger partial charge >= 0.3 is 0 Å². The van der Waals surface area contributed by atoms with E-state index in [4.69, 9.17) is 4.43 Å². The maximum Gasteiger partial charge on any atom is 0.186 e. The van der Waals surface area contributed by atoms with Gasteiger partial charge in [0, 0.05) is 6.61 Å². The van der Waals surface area contributed by atoms with Gasteiger partial charge in [-0.15, -0.1) is 0 Å². The summed E-state index contributed by atoms with van der Waals surface area (Å²) in [5.74, 6) is 0.786. The van der Waals surface area contributed by atoms with Crippen LogP contribution in [0.25, 0.3) is 0 Å². The smallest absolute Gasteiger partial charge is 0.186 e. The van der Waals surface area contributed by atoms with Crippen molar-refractivity contribution >= 4 is 8.32 Å². The third-order valence-electron chi connectivity index (χ3n) is 1.60. The molecule has 0 aliphatic heterocycles. The van der Waals surface area contributed by atoms with Crippen molar-refractivity contribution in [2.24, 2.45) is 5.92 Å². The fraction of sp³-hybridized carbons (Fsp3) is 1.00. The Morgan fingerprint density at radius 2 is 1.82 bits per heavy atom. The summed E-state index contributed by atoms with van der Waals surface area (Å²) in [4.78, 5) is 0. The standard InChI is InChI=1S/C9H22OSi/c1-6-7-10-11(4,5)8-9(2)3/h9H,6-8H2,1-5H3. The van der Waals surface area contributed by atoms with E-state index in [0.717, 1.165) is 18.9 Å². The first-order valence-electron chi connectivity index (χ1n) is 4.62. The summed E-state index contributed by atoms with van der Waals surface area (Å²) in [6.45, 7) is 12.3. The minimum absolute atomic E-state index is 0.786. The SMILES string of the molecule is CCCO[Si](C)(C)CC(C)C. The molecule has 0 bridgehead atoms. The highest BCUT2D eigenvalue weighted by Gasteiger charge is 2.22. The molecule has 0 saturated carbocycles. The van der Waals surface area contributed by atoms with Crippen LogP contribution in [0.15, 0.2) is 0 Å². The lowest BCUT2D eigenvalue weighted by molar-refractivity contribution is 0.302. The third kappa shape index (κ3) is 6.57. The van der Waals surface area contributed by atoms with Crippen LogP contribution in [0.3, 0.4) is 0 Å². The molecule has 0 saturated heterocycles. The fourth-order valence-corrected chi connectivity index (χ4v) is 4.26. The molecule has 68 valence electrons. The Morgan fingerprint density at radius 1 is 1.27 bits per heavy atom. The summed E-state index contributed by atoms with van der Waals surface area (Å²) in [5, 5.41) is 0. The van der Waals surface area contributed by atoms with E-state index in [-0.39, 0.29) is 0 Å². The van der Waals surface area contributed by atoms with Crippen molar-refractivity contribution < 1.29 is 4.43 Å². The second-order valence-corrected chi connectivity index (χ2v) is 8.42. The van der Waals surface area contributed by atoms with Crippen molar-refractivity contribution in [3.8, 4) is 0 Å². The molecule has 0 aromatic heterocycles. The van der Waals surface area contributed by atoms with Crippen LogP contribution >= 0.6 is 0 Å². The lowest BCUT2D eigenvalue weighted by Gasteiger charge is -2.24. The van der Waals surface area contributed by atoms with E-state index in [1.54, 1.807) is 0 Å². The van der Waals surface area contributed by atoms with Gasteiger partial charge < -0.3 is 4.43 Å². The summed E-state index contributed by atoms with van der Waals surface area (Å²) < 4.78 is 5.83. The third-order valence-corrected chi connectivity index (χ3v) is 4.38. The summed E-state index contributed by atoms with van der Waals surface area (Å²) in [5.41, 5.74) is 0. The highest BCUT2D eigenvalue weighted by atomic mass is 28.4. The first-order chi connectivity index (χ1) is 4.98. The van der Waals surface area contributed by atoms with Crippen LogP contribution in [0, 0.1) is 5.92 Å². The summed E-state index contributed by atoms with van der Waals surface area (Å²) in [6.07, 6.45) is 1.15. The molecule has 0 heterocycles. The maximum absolute atomic E-state index is 5.83. The van der Waals surface area contributed by atoms with E-state index in [0.29, 0.717) is 0 Å². The highest BCUT2D eigenvalue weighted by Crippen LogP contribution is 2.17. The lowest BCUT2D eigenvalue weighted by atomic mass is 10.3. The van der Waals surface area contributed by atoms with E-state index in [1.807, 2.05) is 0 Å². The second kappa shape index (κ2) is 4.94. The molecular weight excluding hydrogens is 152 g/mol. The normalized spacial score (nSPS) is 12.5. The molecule has 0 atom stereocenters. The van der Waals surface area contributed by atoms with Crippen molar-refractivity contribution in [1.82, 2.24) is 0 Å². The second-order valence-electron chi connectivity index (χ2n) is 4.21. The molecule has 0 aromatic carbocycles. The predicted octanol–water partition coefficient (Wildman–Crippen LogP) is 3.27. The predicted molar refractivity (Wildman–Crippen MR) is 53.4 cm³/mol. The van der Waals surface area contributed by atoms with Crippen molar-refractivity contribution in [1.29, 1.82) is 0 Å². The zero-order chi connectivity index (χ0) is 8.91. The van der Waals surface area contributed by atoms with Crippen molar-refractivity contribution in [3.63, 3.8) is 0 Å². The first-order valence-corrected chi connectivity index (χ1v) is 7.73. The van der Waals surface area contributed by atoms with E-state index >= 15 is 0 Å². The van der Waals surface area contributed by atoms with Gasteiger partial charge in [0.15, 0.2) is 8.32 Å². The van der Waals surface area contributed by atoms with E-state index in [9.17, 15) is 0 Å². The van der Waals surface area contributed by atoms with Crippen LogP contribution in [0.1, 0.15) is 27.2 Å².